The molecule has 0 atom stereocenters. The molecule has 0 radical (unpaired) electrons. The quantitative estimate of drug-likeness (QED) is 0.501. The molecule has 0 aliphatic rings. The summed E-state index contributed by atoms with van der Waals surface area (Å²) < 4.78 is 1.94. The average Bonchev–Trinajstić information content (AvgIpc) is 2.61. The van der Waals surface area contributed by atoms with Gasteiger partial charge in [0.15, 0.2) is 5.65 Å². The molecule has 0 bridgehead atoms. The van der Waals surface area contributed by atoms with Gasteiger partial charge in [0.2, 0.25) is 5.95 Å². The van der Waals surface area contributed by atoms with Gasteiger partial charge in [0.05, 0.1) is 6.33 Å². The second-order valence-corrected chi connectivity index (χ2v) is 4.06. The number of hydrogen-bond acceptors (Lipinski definition) is 5. The molecule has 2 rings (SSSR count). The Kier molecular flexibility index (Phi) is 2.97. The number of alkyl halides is 1. The molecule has 0 amide bonds. The van der Waals surface area contributed by atoms with Crippen molar-refractivity contribution in [3.05, 3.63) is 6.33 Å². The lowest BCUT2D eigenvalue weighted by atomic mass is 10.5. The first kappa shape index (κ1) is 10.5. The van der Waals surface area contributed by atoms with Gasteiger partial charge >= 0.3 is 0 Å². The first-order valence-electron chi connectivity index (χ1n) is 4.34. The Labute approximate surface area is 96.1 Å². The summed E-state index contributed by atoms with van der Waals surface area (Å²) >= 11 is 7.22. The summed E-state index contributed by atoms with van der Waals surface area (Å²) in [5.74, 6) is 0.784. The van der Waals surface area contributed by atoms with Gasteiger partial charge in [-0.3, -0.25) is 0 Å². The minimum atomic E-state index is 0.253. The molecule has 15 heavy (non-hydrogen) atoms. The van der Waals surface area contributed by atoms with Crippen LogP contribution in [0.25, 0.3) is 11.2 Å². The first-order chi connectivity index (χ1) is 7.26. The van der Waals surface area contributed by atoms with E-state index in [1.165, 1.54) is 11.8 Å². The van der Waals surface area contributed by atoms with Gasteiger partial charge < -0.3 is 10.3 Å². The number of nitrogens with zero attached hydrogens (tertiary/aromatic N) is 4. The molecule has 0 fully saturated rings. The number of fused-ring (bicyclic) bond motifs is 1. The Balaban J connectivity index is 2.66. The number of halogens is 1. The van der Waals surface area contributed by atoms with Crippen molar-refractivity contribution in [3.63, 3.8) is 0 Å². The minimum Gasteiger partial charge on any atom is -0.368 e. The number of hydrogen-bond donors (Lipinski definition) is 1. The lowest BCUT2D eigenvalue weighted by Crippen LogP contribution is -2.01. The third-order valence-corrected chi connectivity index (χ3v) is 2.82. The third kappa shape index (κ3) is 1.87. The van der Waals surface area contributed by atoms with Crippen molar-refractivity contribution in [2.45, 2.75) is 11.6 Å². The van der Waals surface area contributed by atoms with Gasteiger partial charge in [-0.25, -0.2) is 9.97 Å². The summed E-state index contributed by atoms with van der Waals surface area (Å²) in [6, 6.07) is 0. The number of aryl methyl sites for hydroxylation is 1. The van der Waals surface area contributed by atoms with Crippen molar-refractivity contribution in [2.75, 3.05) is 17.9 Å². The van der Waals surface area contributed by atoms with E-state index in [0.29, 0.717) is 18.1 Å². The monoisotopic (exact) mass is 243 g/mol. The SMILES string of the molecule is CSc1nc(N)nc2ncn(CCCl)c12. The van der Waals surface area contributed by atoms with Gasteiger partial charge in [-0.15, -0.1) is 23.4 Å². The molecule has 5 nitrogen and oxygen atoms in total. The van der Waals surface area contributed by atoms with E-state index in [0.717, 1.165) is 10.5 Å². The normalized spacial score (nSPS) is 11.1. The number of thioether (sulfide) groups is 1. The van der Waals surface area contributed by atoms with Gasteiger partial charge in [-0.1, -0.05) is 0 Å². The zero-order valence-corrected chi connectivity index (χ0v) is 9.72. The second kappa shape index (κ2) is 4.24. The van der Waals surface area contributed by atoms with E-state index < -0.39 is 0 Å². The molecule has 0 aliphatic carbocycles. The predicted molar refractivity (Wildman–Crippen MR) is 62.2 cm³/mol. The van der Waals surface area contributed by atoms with Gasteiger partial charge in [-0.2, -0.15) is 4.98 Å². The number of nitrogen functional groups attached to an aromatic ring is 1. The number of imidazole rings is 1. The van der Waals surface area contributed by atoms with Crippen molar-refractivity contribution >= 4 is 40.5 Å². The fourth-order valence-electron chi connectivity index (χ4n) is 1.37. The maximum absolute atomic E-state index is 5.70. The number of nitrogens with two attached hydrogens (primary N) is 1. The van der Waals surface area contributed by atoms with Crippen LogP contribution in [0.15, 0.2) is 11.4 Å². The van der Waals surface area contributed by atoms with E-state index in [4.69, 9.17) is 17.3 Å². The predicted octanol–water partition coefficient (Wildman–Crippen LogP) is 1.37. The van der Waals surface area contributed by atoms with Crippen LogP contribution in [0, 0.1) is 0 Å². The highest BCUT2D eigenvalue weighted by Crippen LogP contribution is 2.23. The van der Waals surface area contributed by atoms with Gasteiger partial charge in [0, 0.05) is 12.4 Å². The highest BCUT2D eigenvalue weighted by Gasteiger charge is 2.11. The van der Waals surface area contributed by atoms with E-state index in [9.17, 15) is 0 Å². The molecule has 0 aliphatic heterocycles. The molecular formula is C8H10ClN5S. The summed E-state index contributed by atoms with van der Waals surface area (Å²) in [7, 11) is 0. The Bertz CT molecular complexity index is 483. The van der Waals surface area contributed by atoms with Crippen LogP contribution in [0.4, 0.5) is 5.95 Å². The van der Waals surface area contributed by atoms with Crippen LogP contribution in [0.5, 0.6) is 0 Å². The van der Waals surface area contributed by atoms with Crippen LogP contribution < -0.4 is 5.73 Å². The molecular weight excluding hydrogens is 234 g/mol. The molecule has 0 unspecified atom stereocenters. The molecule has 80 valence electrons. The van der Waals surface area contributed by atoms with E-state index >= 15 is 0 Å². The van der Waals surface area contributed by atoms with Crippen LogP contribution in [-0.4, -0.2) is 31.7 Å². The van der Waals surface area contributed by atoms with Crippen molar-refractivity contribution in [1.82, 2.24) is 19.5 Å². The molecule has 2 heterocycles. The fourth-order valence-corrected chi connectivity index (χ4v) is 2.13. The minimum absolute atomic E-state index is 0.253. The summed E-state index contributed by atoms with van der Waals surface area (Å²) in [4.78, 5) is 12.4. The molecule has 2 aromatic heterocycles. The molecule has 7 heteroatoms. The number of rotatable bonds is 3. The Morgan fingerprint density at radius 2 is 2.33 bits per heavy atom. The molecule has 2 aromatic rings. The van der Waals surface area contributed by atoms with Gasteiger partial charge in [0.1, 0.15) is 10.5 Å². The molecule has 0 aromatic carbocycles. The topological polar surface area (TPSA) is 69.6 Å². The fraction of sp³-hybridized carbons (Fsp3) is 0.375. The third-order valence-electron chi connectivity index (χ3n) is 1.98. The smallest absolute Gasteiger partial charge is 0.223 e. The maximum atomic E-state index is 5.70. The Morgan fingerprint density at radius 3 is 3.00 bits per heavy atom. The maximum Gasteiger partial charge on any atom is 0.223 e. The van der Waals surface area contributed by atoms with E-state index in [1.54, 1.807) is 6.33 Å². The van der Waals surface area contributed by atoms with Crippen molar-refractivity contribution in [1.29, 1.82) is 0 Å². The lowest BCUT2D eigenvalue weighted by molar-refractivity contribution is 0.783. The zero-order chi connectivity index (χ0) is 10.8. The summed E-state index contributed by atoms with van der Waals surface area (Å²) in [5.41, 5.74) is 7.10. The van der Waals surface area contributed by atoms with E-state index in [-0.39, 0.29) is 5.95 Å². The molecule has 2 N–H and O–H groups in total. The first-order valence-corrected chi connectivity index (χ1v) is 6.10. The molecule has 0 spiro atoms. The van der Waals surface area contributed by atoms with Crippen LogP contribution in [0.3, 0.4) is 0 Å². The van der Waals surface area contributed by atoms with Crippen molar-refractivity contribution in [3.8, 4) is 0 Å². The average molecular weight is 244 g/mol. The van der Waals surface area contributed by atoms with Crippen molar-refractivity contribution in [2.24, 2.45) is 0 Å². The van der Waals surface area contributed by atoms with Gasteiger partial charge in [-0.05, 0) is 6.26 Å². The summed E-state index contributed by atoms with van der Waals surface area (Å²) in [6.45, 7) is 0.693. The Morgan fingerprint density at radius 1 is 1.53 bits per heavy atom. The van der Waals surface area contributed by atoms with E-state index in [2.05, 4.69) is 15.0 Å². The lowest BCUT2D eigenvalue weighted by Gasteiger charge is -2.04. The largest absolute Gasteiger partial charge is 0.368 e. The Hall–Kier alpha value is -1.01. The molecule has 0 saturated heterocycles. The second-order valence-electron chi connectivity index (χ2n) is 2.89. The van der Waals surface area contributed by atoms with Crippen molar-refractivity contribution < 1.29 is 0 Å². The summed E-state index contributed by atoms with van der Waals surface area (Å²) in [5, 5.41) is 0.833. The molecule has 0 saturated carbocycles. The standard InChI is InChI=1S/C8H10ClN5S/c1-15-7-5-6(12-8(10)13-7)11-4-14(5)3-2-9/h4H,2-3H2,1H3,(H2,10,12,13). The zero-order valence-electron chi connectivity index (χ0n) is 8.14. The van der Waals surface area contributed by atoms with Crippen LogP contribution >= 0.6 is 23.4 Å². The van der Waals surface area contributed by atoms with Crippen LogP contribution in [0.1, 0.15) is 0 Å². The van der Waals surface area contributed by atoms with Crippen LogP contribution in [-0.2, 0) is 6.54 Å². The van der Waals surface area contributed by atoms with Crippen LogP contribution in [0.2, 0.25) is 0 Å². The highest BCUT2D eigenvalue weighted by atomic mass is 35.5. The van der Waals surface area contributed by atoms with E-state index in [1.807, 2.05) is 10.8 Å². The van der Waals surface area contributed by atoms with Gasteiger partial charge in [0.25, 0.3) is 0 Å². The highest BCUT2D eigenvalue weighted by molar-refractivity contribution is 7.98. The summed E-state index contributed by atoms with van der Waals surface area (Å²) in [6.07, 6.45) is 3.65. The number of anilines is 1. The number of aromatic nitrogens is 4.